The van der Waals surface area contributed by atoms with Crippen LogP contribution in [0.5, 0.6) is 11.6 Å². The summed E-state index contributed by atoms with van der Waals surface area (Å²) in [6, 6.07) is 5.55. The highest BCUT2D eigenvalue weighted by atomic mass is 35.5. The van der Waals surface area contributed by atoms with Crippen molar-refractivity contribution in [2.75, 3.05) is 0 Å². The van der Waals surface area contributed by atoms with E-state index < -0.39 is 10.6 Å². The lowest BCUT2D eigenvalue weighted by atomic mass is 10.1. The lowest BCUT2D eigenvalue weighted by Crippen LogP contribution is -1.99. The molecule has 7 heteroatoms. The van der Waals surface area contributed by atoms with Crippen LogP contribution in [0.1, 0.15) is 11.1 Å². The second-order valence-corrected chi connectivity index (χ2v) is 4.30. The first-order chi connectivity index (χ1) is 8.99. The number of hydrogen-bond donors (Lipinski definition) is 0. The van der Waals surface area contributed by atoms with E-state index in [0.717, 1.165) is 17.5 Å². The second-order valence-electron chi connectivity index (χ2n) is 3.95. The minimum atomic E-state index is -0.664. The molecule has 0 amide bonds. The molecule has 6 nitrogen and oxygen atoms in total. The van der Waals surface area contributed by atoms with Gasteiger partial charge in [0.1, 0.15) is 12.1 Å². The lowest BCUT2D eigenvalue weighted by molar-refractivity contribution is -0.386. The van der Waals surface area contributed by atoms with Crippen LogP contribution in [0, 0.1) is 24.0 Å². The average Bonchev–Trinajstić information content (AvgIpc) is 2.33. The third kappa shape index (κ3) is 2.79. The molecule has 0 aliphatic rings. The molecule has 1 aromatic heterocycles. The predicted octanol–water partition coefficient (Wildman–Crippen LogP) is 3.45. The van der Waals surface area contributed by atoms with Crippen molar-refractivity contribution in [3.05, 3.63) is 50.9 Å². The van der Waals surface area contributed by atoms with Crippen LogP contribution >= 0.6 is 11.6 Å². The Hall–Kier alpha value is -2.21. The molecule has 0 aliphatic heterocycles. The maximum absolute atomic E-state index is 10.9. The number of benzene rings is 1. The van der Waals surface area contributed by atoms with Crippen molar-refractivity contribution < 1.29 is 9.66 Å². The van der Waals surface area contributed by atoms with E-state index in [-0.39, 0.29) is 11.0 Å². The van der Waals surface area contributed by atoms with E-state index >= 15 is 0 Å². The van der Waals surface area contributed by atoms with Crippen molar-refractivity contribution in [1.29, 1.82) is 0 Å². The number of aryl methyl sites for hydroxylation is 2. The van der Waals surface area contributed by atoms with E-state index in [1.54, 1.807) is 6.07 Å². The van der Waals surface area contributed by atoms with Crippen molar-refractivity contribution in [3.8, 4) is 11.6 Å². The van der Waals surface area contributed by atoms with Gasteiger partial charge in [-0.3, -0.25) is 10.1 Å². The molecule has 0 saturated heterocycles. The normalized spacial score (nSPS) is 10.3. The number of aromatic nitrogens is 2. The summed E-state index contributed by atoms with van der Waals surface area (Å²) in [6.45, 7) is 3.73. The molecule has 0 unspecified atom stereocenters. The van der Waals surface area contributed by atoms with E-state index in [1.807, 2.05) is 26.0 Å². The predicted molar refractivity (Wildman–Crippen MR) is 69.7 cm³/mol. The van der Waals surface area contributed by atoms with E-state index in [0.29, 0.717) is 5.75 Å². The van der Waals surface area contributed by atoms with Crippen molar-refractivity contribution in [3.63, 3.8) is 0 Å². The molecular weight excluding hydrogens is 270 g/mol. The molecule has 2 rings (SSSR count). The van der Waals surface area contributed by atoms with Gasteiger partial charge in [0, 0.05) is 0 Å². The van der Waals surface area contributed by atoms with Gasteiger partial charge in [-0.05, 0) is 31.0 Å². The number of nitrogens with zero attached hydrogens (tertiary/aromatic N) is 3. The van der Waals surface area contributed by atoms with Gasteiger partial charge in [0.25, 0.3) is 0 Å². The number of ether oxygens (including phenoxy) is 1. The van der Waals surface area contributed by atoms with Gasteiger partial charge >= 0.3 is 11.6 Å². The lowest BCUT2D eigenvalue weighted by Gasteiger charge is -2.08. The number of nitro groups is 1. The number of halogens is 1. The molecular formula is C12H10ClN3O3. The Labute approximate surface area is 114 Å². The molecule has 0 fully saturated rings. The molecule has 0 bridgehead atoms. The van der Waals surface area contributed by atoms with Crippen molar-refractivity contribution in [2.45, 2.75) is 13.8 Å². The first kappa shape index (κ1) is 13.2. The first-order valence-electron chi connectivity index (χ1n) is 5.39. The zero-order valence-electron chi connectivity index (χ0n) is 10.3. The summed E-state index contributed by atoms with van der Waals surface area (Å²) in [4.78, 5) is 17.6. The van der Waals surface area contributed by atoms with Gasteiger partial charge in [-0.1, -0.05) is 23.7 Å². The van der Waals surface area contributed by atoms with Crippen LogP contribution in [-0.2, 0) is 0 Å². The zero-order valence-corrected chi connectivity index (χ0v) is 11.0. The van der Waals surface area contributed by atoms with Crippen LogP contribution in [-0.4, -0.2) is 14.9 Å². The van der Waals surface area contributed by atoms with E-state index in [4.69, 9.17) is 16.3 Å². The van der Waals surface area contributed by atoms with Crippen LogP contribution in [0.25, 0.3) is 0 Å². The minimum absolute atomic E-state index is 0.168. The van der Waals surface area contributed by atoms with E-state index in [2.05, 4.69) is 9.97 Å². The summed E-state index contributed by atoms with van der Waals surface area (Å²) in [6.07, 6.45) is 1.12. The molecule has 98 valence electrons. The maximum Gasteiger partial charge on any atom is 0.368 e. The quantitative estimate of drug-likeness (QED) is 0.488. The summed E-state index contributed by atoms with van der Waals surface area (Å²) < 4.78 is 5.49. The molecule has 2 aromatic rings. The first-order valence-corrected chi connectivity index (χ1v) is 5.77. The third-order valence-electron chi connectivity index (χ3n) is 2.48. The van der Waals surface area contributed by atoms with Crippen LogP contribution in [0.2, 0.25) is 5.15 Å². The molecule has 0 aliphatic carbocycles. The van der Waals surface area contributed by atoms with Gasteiger partial charge < -0.3 is 4.74 Å². The summed E-state index contributed by atoms with van der Waals surface area (Å²) >= 11 is 5.69. The summed E-state index contributed by atoms with van der Waals surface area (Å²) in [5.41, 5.74) is 1.38. The Bertz CT molecular complexity index is 646. The molecule has 0 spiro atoms. The minimum Gasteiger partial charge on any atom is -0.433 e. The summed E-state index contributed by atoms with van der Waals surface area (Å²) in [5.74, 6) is 0.330. The maximum atomic E-state index is 10.9. The smallest absolute Gasteiger partial charge is 0.368 e. The van der Waals surface area contributed by atoms with Crippen molar-refractivity contribution in [2.24, 2.45) is 0 Å². The van der Waals surface area contributed by atoms with Gasteiger partial charge in [0.05, 0.1) is 4.92 Å². The molecule has 0 N–H and O–H groups in total. The fraction of sp³-hybridized carbons (Fsp3) is 0.167. The zero-order chi connectivity index (χ0) is 14.0. The summed E-state index contributed by atoms with van der Waals surface area (Å²) in [5, 5.41) is 10.7. The average molecular weight is 280 g/mol. The van der Waals surface area contributed by atoms with Gasteiger partial charge in [-0.15, -0.1) is 0 Å². The molecule has 0 radical (unpaired) electrons. The molecule has 1 heterocycles. The number of hydrogen-bond acceptors (Lipinski definition) is 5. The Kier molecular flexibility index (Phi) is 3.62. The Balaban J connectivity index is 2.46. The van der Waals surface area contributed by atoms with Gasteiger partial charge in [0.15, 0.2) is 0 Å². The highest BCUT2D eigenvalue weighted by molar-refractivity contribution is 6.31. The second kappa shape index (κ2) is 5.19. The molecule has 0 atom stereocenters. The Morgan fingerprint density at radius 2 is 2.05 bits per heavy atom. The number of rotatable bonds is 3. The molecule has 0 saturated carbocycles. The van der Waals surface area contributed by atoms with Crippen LogP contribution in [0.4, 0.5) is 5.69 Å². The highest BCUT2D eigenvalue weighted by Gasteiger charge is 2.24. The van der Waals surface area contributed by atoms with Crippen LogP contribution < -0.4 is 4.74 Å². The monoisotopic (exact) mass is 279 g/mol. The fourth-order valence-corrected chi connectivity index (χ4v) is 1.69. The molecule has 19 heavy (non-hydrogen) atoms. The highest BCUT2D eigenvalue weighted by Crippen LogP contribution is 2.34. The Morgan fingerprint density at radius 1 is 1.32 bits per heavy atom. The topological polar surface area (TPSA) is 78.2 Å². The van der Waals surface area contributed by atoms with E-state index in [1.165, 1.54) is 0 Å². The van der Waals surface area contributed by atoms with Gasteiger partial charge in [-0.25, -0.2) is 4.98 Å². The third-order valence-corrected chi connectivity index (χ3v) is 2.75. The standard InChI is InChI=1S/C12H10ClN3O3/c1-7-3-4-8(2)9(5-7)19-12-10(16(17)18)11(13)14-6-15-12/h3-6H,1-2H3. The Morgan fingerprint density at radius 3 is 2.74 bits per heavy atom. The SMILES string of the molecule is Cc1ccc(C)c(Oc2ncnc(Cl)c2[N+](=O)[O-])c1. The summed E-state index contributed by atoms with van der Waals surface area (Å²) in [7, 11) is 0. The van der Waals surface area contributed by atoms with Gasteiger partial charge in [0.2, 0.25) is 5.15 Å². The fourth-order valence-electron chi connectivity index (χ4n) is 1.49. The molecule has 1 aromatic carbocycles. The van der Waals surface area contributed by atoms with Crippen molar-refractivity contribution in [1.82, 2.24) is 9.97 Å². The van der Waals surface area contributed by atoms with Crippen molar-refractivity contribution >= 4 is 17.3 Å². The van der Waals surface area contributed by atoms with E-state index in [9.17, 15) is 10.1 Å². The van der Waals surface area contributed by atoms with Gasteiger partial charge in [-0.2, -0.15) is 4.98 Å². The largest absolute Gasteiger partial charge is 0.433 e. The van der Waals surface area contributed by atoms with Crippen LogP contribution in [0.15, 0.2) is 24.5 Å². The van der Waals surface area contributed by atoms with Crippen LogP contribution in [0.3, 0.4) is 0 Å².